The lowest BCUT2D eigenvalue weighted by atomic mass is 9.96. The molecule has 3 N–H and O–H groups in total. The van der Waals surface area contributed by atoms with Crippen LogP contribution in [-0.2, 0) is 4.79 Å². The van der Waals surface area contributed by atoms with E-state index in [1.807, 2.05) is 6.92 Å². The molecule has 1 rings (SSSR count). The van der Waals surface area contributed by atoms with Crippen LogP contribution in [0.1, 0.15) is 26.2 Å². The zero-order valence-corrected chi connectivity index (χ0v) is 9.82. The molecule has 1 amide bonds. The largest absolute Gasteiger partial charge is 0.354 e. The molecule has 0 aromatic heterocycles. The third-order valence-corrected chi connectivity index (χ3v) is 3.42. The van der Waals surface area contributed by atoms with Gasteiger partial charge in [-0.2, -0.15) is 11.8 Å². The zero-order chi connectivity index (χ0) is 10.6. The van der Waals surface area contributed by atoms with Gasteiger partial charge in [0.2, 0.25) is 5.91 Å². The molecule has 0 bridgehead atoms. The second-order valence-electron chi connectivity index (χ2n) is 4.16. The molecule has 1 atom stereocenters. The molecule has 0 aromatic carbocycles. The number of carbonyl (C=O) groups excluding carboxylic acids is 1. The zero-order valence-electron chi connectivity index (χ0n) is 9.01. The molecule has 1 saturated carbocycles. The van der Waals surface area contributed by atoms with Gasteiger partial charge in [-0.05, 0) is 44.1 Å². The smallest absolute Gasteiger partial charge is 0.240 e. The van der Waals surface area contributed by atoms with Crippen molar-refractivity contribution in [1.29, 1.82) is 0 Å². The number of carbonyl (C=O) groups is 1. The van der Waals surface area contributed by atoms with Gasteiger partial charge in [-0.1, -0.05) is 0 Å². The van der Waals surface area contributed by atoms with Gasteiger partial charge in [0.25, 0.3) is 0 Å². The fourth-order valence-corrected chi connectivity index (χ4v) is 1.91. The normalized spacial score (nSPS) is 20.2. The van der Waals surface area contributed by atoms with Gasteiger partial charge in [-0.15, -0.1) is 0 Å². The van der Waals surface area contributed by atoms with Crippen molar-refractivity contribution in [3.8, 4) is 0 Å². The van der Waals surface area contributed by atoms with Crippen molar-refractivity contribution in [2.24, 2.45) is 11.7 Å². The lowest BCUT2D eigenvalue weighted by Gasteiger charge is -2.23. The summed E-state index contributed by atoms with van der Waals surface area (Å²) in [5.74, 6) is 1.51. The summed E-state index contributed by atoms with van der Waals surface area (Å²) in [6.07, 6.45) is 5.29. The van der Waals surface area contributed by atoms with Gasteiger partial charge < -0.3 is 11.1 Å². The molecular formula is C10H20N2OS. The fraction of sp³-hybridized carbons (Fsp3) is 0.900. The Morgan fingerprint density at radius 1 is 1.64 bits per heavy atom. The lowest BCUT2D eigenvalue weighted by Crippen LogP contribution is -2.53. The molecule has 82 valence electrons. The van der Waals surface area contributed by atoms with E-state index in [2.05, 4.69) is 11.6 Å². The van der Waals surface area contributed by atoms with Crippen molar-refractivity contribution in [2.75, 3.05) is 18.6 Å². The second-order valence-corrected chi connectivity index (χ2v) is 5.14. The van der Waals surface area contributed by atoms with E-state index in [4.69, 9.17) is 5.73 Å². The molecule has 14 heavy (non-hydrogen) atoms. The van der Waals surface area contributed by atoms with E-state index in [0.29, 0.717) is 5.92 Å². The average molecular weight is 216 g/mol. The van der Waals surface area contributed by atoms with Crippen LogP contribution < -0.4 is 11.1 Å². The van der Waals surface area contributed by atoms with Crippen LogP contribution in [0.3, 0.4) is 0 Å². The van der Waals surface area contributed by atoms with Crippen molar-refractivity contribution in [1.82, 2.24) is 5.32 Å². The Morgan fingerprint density at radius 2 is 2.29 bits per heavy atom. The first-order valence-corrected chi connectivity index (χ1v) is 6.54. The highest BCUT2D eigenvalue weighted by atomic mass is 32.2. The van der Waals surface area contributed by atoms with Crippen molar-refractivity contribution in [2.45, 2.75) is 31.7 Å². The Morgan fingerprint density at radius 3 is 2.79 bits per heavy atom. The van der Waals surface area contributed by atoms with Crippen LogP contribution in [0.25, 0.3) is 0 Å². The molecule has 1 aliphatic carbocycles. The van der Waals surface area contributed by atoms with Crippen LogP contribution in [0, 0.1) is 5.92 Å². The fourth-order valence-electron chi connectivity index (χ4n) is 1.48. The van der Waals surface area contributed by atoms with Crippen LogP contribution in [-0.4, -0.2) is 30.0 Å². The van der Waals surface area contributed by atoms with Gasteiger partial charge in [0.1, 0.15) is 0 Å². The topological polar surface area (TPSA) is 55.1 Å². The number of hydrogen-bond acceptors (Lipinski definition) is 3. The van der Waals surface area contributed by atoms with Gasteiger partial charge in [0, 0.05) is 6.54 Å². The highest BCUT2D eigenvalue weighted by Crippen LogP contribution is 2.37. The third kappa shape index (κ3) is 3.17. The van der Waals surface area contributed by atoms with E-state index >= 15 is 0 Å². The van der Waals surface area contributed by atoms with Crippen molar-refractivity contribution in [3.05, 3.63) is 0 Å². The molecule has 4 heteroatoms. The molecule has 0 spiro atoms. The first kappa shape index (κ1) is 11.9. The molecule has 0 radical (unpaired) electrons. The number of amides is 1. The number of nitrogens with two attached hydrogens (primary N) is 1. The van der Waals surface area contributed by atoms with Gasteiger partial charge in [0.05, 0.1) is 5.54 Å². The number of thioether (sulfide) groups is 1. The quantitative estimate of drug-likeness (QED) is 0.651. The Labute approximate surface area is 90.2 Å². The molecule has 1 aliphatic rings. The van der Waals surface area contributed by atoms with Crippen LogP contribution in [0.2, 0.25) is 0 Å². The summed E-state index contributed by atoms with van der Waals surface area (Å²) < 4.78 is 0. The summed E-state index contributed by atoms with van der Waals surface area (Å²) in [4.78, 5) is 11.7. The highest BCUT2D eigenvalue weighted by Gasteiger charge is 2.43. The maximum atomic E-state index is 11.7. The Hall–Kier alpha value is -0.220. The van der Waals surface area contributed by atoms with Crippen molar-refractivity contribution >= 4 is 17.7 Å². The first-order valence-electron chi connectivity index (χ1n) is 5.15. The monoisotopic (exact) mass is 216 g/mol. The predicted octanol–water partition coefficient (Wildman–Crippen LogP) is 0.983. The molecular weight excluding hydrogens is 196 g/mol. The van der Waals surface area contributed by atoms with Crippen LogP contribution in [0.5, 0.6) is 0 Å². The minimum absolute atomic E-state index is 0.0149. The standard InChI is InChI=1S/C10H20N2OS/c1-10(11,8-4-5-8)9(13)12-6-3-7-14-2/h8H,3-7,11H2,1-2H3,(H,12,13). The number of nitrogens with one attached hydrogen (secondary N) is 1. The van der Waals surface area contributed by atoms with E-state index in [9.17, 15) is 4.79 Å². The summed E-state index contributed by atoms with van der Waals surface area (Å²) >= 11 is 1.80. The van der Waals surface area contributed by atoms with Crippen molar-refractivity contribution in [3.63, 3.8) is 0 Å². The van der Waals surface area contributed by atoms with Crippen LogP contribution in [0.15, 0.2) is 0 Å². The molecule has 1 unspecified atom stereocenters. The Balaban J connectivity index is 2.20. The SMILES string of the molecule is CSCCCNC(=O)C(C)(N)C1CC1. The van der Waals surface area contributed by atoms with E-state index in [-0.39, 0.29) is 5.91 Å². The Bertz CT molecular complexity index is 202. The second kappa shape index (κ2) is 5.03. The van der Waals surface area contributed by atoms with E-state index < -0.39 is 5.54 Å². The number of rotatable bonds is 6. The van der Waals surface area contributed by atoms with Gasteiger partial charge >= 0.3 is 0 Å². The molecule has 0 aromatic rings. The third-order valence-electron chi connectivity index (χ3n) is 2.73. The van der Waals surface area contributed by atoms with Gasteiger partial charge in [0.15, 0.2) is 0 Å². The summed E-state index contributed by atoms with van der Waals surface area (Å²) in [5, 5.41) is 2.90. The first-order chi connectivity index (χ1) is 6.59. The average Bonchev–Trinajstić information content (AvgIpc) is 2.94. The van der Waals surface area contributed by atoms with Crippen molar-refractivity contribution < 1.29 is 4.79 Å². The van der Waals surface area contributed by atoms with Gasteiger partial charge in [-0.3, -0.25) is 4.79 Å². The Kier molecular flexibility index (Phi) is 4.26. The molecule has 3 nitrogen and oxygen atoms in total. The maximum absolute atomic E-state index is 11.7. The van der Waals surface area contributed by atoms with Crippen LogP contribution >= 0.6 is 11.8 Å². The summed E-state index contributed by atoms with van der Waals surface area (Å²) in [6, 6.07) is 0. The van der Waals surface area contributed by atoms with Crippen LogP contribution in [0.4, 0.5) is 0 Å². The van der Waals surface area contributed by atoms with E-state index in [0.717, 1.165) is 31.6 Å². The van der Waals surface area contributed by atoms with Gasteiger partial charge in [-0.25, -0.2) is 0 Å². The molecule has 0 heterocycles. The van der Waals surface area contributed by atoms with E-state index in [1.54, 1.807) is 11.8 Å². The molecule has 1 fully saturated rings. The minimum atomic E-state index is -0.640. The molecule has 0 aliphatic heterocycles. The summed E-state index contributed by atoms with van der Waals surface area (Å²) in [6.45, 7) is 2.59. The lowest BCUT2D eigenvalue weighted by molar-refractivity contribution is -0.126. The minimum Gasteiger partial charge on any atom is -0.354 e. The van der Waals surface area contributed by atoms with E-state index in [1.165, 1.54) is 0 Å². The summed E-state index contributed by atoms with van der Waals surface area (Å²) in [7, 11) is 0. The summed E-state index contributed by atoms with van der Waals surface area (Å²) in [5.41, 5.74) is 5.32. The maximum Gasteiger partial charge on any atom is 0.240 e. The highest BCUT2D eigenvalue weighted by molar-refractivity contribution is 7.98. The molecule has 0 saturated heterocycles. The number of hydrogen-bond donors (Lipinski definition) is 2. The predicted molar refractivity (Wildman–Crippen MR) is 61.3 cm³/mol.